The average molecular weight is 127 g/mol. The quantitative estimate of drug-likeness (QED) is 0.426. The number of nitrogens with zero attached hydrogens (tertiary/aromatic N) is 1. The van der Waals surface area contributed by atoms with Gasteiger partial charge in [0.2, 0.25) is 0 Å². The molecule has 0 fully saturated rings. The van der Waals surface area contributed by atoms with E-state index in [1.165, 1.54) is 6.33 Å². The van der Waals surface area contributed by atoms with Crippen molar-refractivity contribution in [2.75, 3.05) is 5.73 Å². The smallest absolute Gasteiger partial charge is 0.269 e. The Bertz CT molecular complexity index is 228. The van der Waals surface area contributed by atoms with Crippen LogP contribution in [0.25, 0.3) is 0 Å². The zero-order chi connectivity index (χ0) is 6.85. The molecule has 5 N–H and O–H groups in total. The molecule has 1 aromatic heterocycles. The van der Waals surface area contributed by atoms with Crippen LogP contribution in [-0.2, 0) is 0 Å². The van der Waals surface area contributed by atoms with Crippen molar-refractivity contribution < 1.29 is 4.79 Å². The van der Waals surface area contributed by atoms with E-state index < -0.39 is 5.91 Å². The largest absolute Gasteiger partial charge is 0.382 e. The van der Waals surface area contributed by atoms with Crippen LogP contribution < -0.4 is 11.5 Å². The number of hydrogen-bond acceptors (Lipinski definition) is 3. The highest BCUT2D eigenvalue weighted by molar-refractivity contribution is 5.94. The maximum absolute atomic E-state index is 10.4. The van der Waals surface area contributed by atoms with Crippen molar-refractivity contribution in [2.45, 2.75) is 0 Å². The van der Waals surface area contributed by atoms with Gasteiger partial charge in [-0.25, -0.2) is 4.98 Å². The molecule has 0 spiro atoms. The Labute approximate surface area is 51.1 Å². The number of carbonyl (C=O) groups excluding carboxylic acids is 1. The van der Waals surface area contributed by atoms with Gasteiger partial charge in [-0.1, -0.05) is 0 Å². The SMILES string of the molecule is [14NH2]C(=O)c1[nH]cnc1[15NH2]. The van der Waals surface area contributed by atoms with E-state index >= 15 is 0 Å². The summed E-state index contributed by atoms with van der Waals surface area (Å²) in [6.45, 7) is 0. The first kappa shape index (κ1) is 5.61. The molecule has 5 heteroatoms. The number of aromatic nitrogens is 2. The number of nitrogens with two attached hydrogens (primary N) is 2. The van der Waals surface area contributed by atoms with Crippen LogP contribution in [0.15, 0.2) is 6.33 Å². The van der Waals surface area contributed by atoms with Gasteiger partial charge < -0.3 is 16.5 Å². The van der Waals surface area contributed by atoms with E-state index in [1.54, 1.807) is 0 Å². The number of rotatable bonds is 1. The number of nitrogens with one attached hydrogen (secondary N) is 1. The van der Waals surface area contributed by atoms with Gasteiger partial charge in [0.25, 0.3) is 5.91 Å². The van der Waals surface area contributed by atoms with Crippen molar-refractivity contribution in [2.24, 2.45) is 5.73 Å². The molecule has 1 heterocycles. The molecule has 0 aliphatic heterocycles. The summed E-state index contributed by atoms with van der Waals surface area (Å²) in [5.74, 6) is -0.451. The van der Waals surface area contributed by atoms with Gasteiger partial charge in [-0.3, -0.25) is 4.79 Å². The predicted octanol–water partition coefficient (Wildman–Crippen LogP) is -0.909. The number of H-pyrrole nitrogens is 1. The average Bonchev–Trinajstić information content (AvgIpc) is 2.13. The molecule has 1 amide bonds. The van der Waals surface area contributed by atoms with Crippen LogP contribution >= 0.6 is 0 Å². The van der Waals surface area contributed by atoms with Crippen LogP contribution in [0.2, 0.25) is 0 Å². The van der Waals surface area contributed by atoms with Crippen molar-refractivity contribution >= 4 is 11.7 Å². The standard InChI is InChI=1S/C4H6N4O/c5-3-2(4(6)9)7-1-8-3/h1H,5H2,(H2,6,9)(H,7,8)/i5+1,6+0. The molecule has 0 aromatic carbocycles. The Morgan fingerprint density at radius 1 is 1.78 bits per heavy atom. The first-order valence-corrected chi connectivity index (χ1v) is 2.30. The van der Waals surface area contributed by atoms with Crippen molar-refractivity contribution in [3.05, 3.63) is 12.0 Å². The summed E-state index contributed by atoms with van der Waals surface area (Å²) in [4.78, 5) is 16.4. The van der Waals surface area contributed by atoms with Crippen molar-refractivity contribution in [1.29, 1.82) is 0 Å². The number of imidazole rings is 1. The fraction of sp³-hybridized carbons (Fsp3) is 0. The Hall–Kier alpha value is -1.52. The number of amides is 1. The summed E-state index contributed by atoms with van der Waals surface area (Å²) in [5, 5.41) is 0. The summed E-state index contributed by atoms with van der Waals surface area (Å²) >= 11 is 0. The zero-order valence-corrected chi connectivity index (χ0v) is 4.59. The first-order valence-electron chi connectivity index (χ1n) is 2.30. The summed E-state index contributed by atoms with van der Waals surface area (Å²) in [6, 6.07) is 0. The fourth-order valence-corrected chi connectivity index (χ4v) is 0.502. The van der Waals surface area contributed by atoms with Crippen LogP contribution in [-0.4, -0.2) is 15.9 Å². The predicted molar refractivity (Wildman–Crippen MR) is 31.5 cm³/mol. The second kappa shape index (κ2) is 1.77. The molecule has 0 atom stereocenters. The van der Waals surface area contributed by atoms with E-state index in [4.69, 9.17) is 11.5 Å². The molecule has 0 unspecified atom stereocenters. The second-order valence-corrected chi connectivity index (χ2v) is 1.53. The molecule has 1 aromatic rings. The molecular formula is C4H6N4O. The summed E-state index contributed by atoms with van der Waals surface area (Å²) in [7, 11) is 0. The molecule has 0 bridgehead atoms. The van der Waals surface area contributed by atoms with E-state index in [0.29, 0.717) is 0 Å². The summed E-state index contributed by atoms with van der Waals surface area (Å²) in [5.41, 5.74) is 10.2. The number of anilines is 1. The number of primary amides is 1. The molecule has 1 rings (SSSR count). The van der Waals surface area contributed by atoms with Crippen molar-refractivity contribution in [3.8, 4) is 0 Å². The Morgan fingerprint density at radius 3 is 2.67 bits per heavy atom. The molecule has 0 saturated heterocycles. The van der Waals surface area contributed by atoms with Crippen LogP contribution in [0.5, 0.6) is 0 Å². The second-order valence-electron chi connectivity index (χ2n) is 1.53. The molecule has 0 aliphatic rings. The molecule has 48 valence electrons. The van der Waals surface area contributed by atoms with Crippen molar-refractivity contribution in [3.63, 3.8) is 0 Å². The highest BCUT2D eigenvalue weighted by Gasteiger charge is 2.05. The molecule has 0 saturated carbocycles. The maximum atomic E-state index is 10.4. The van der Waals surface area contributed by atoms with E-state index in [0.717, 1.165) is 0 Å². The van der Waals surface area contributed by atoms with E-state index in [2.05, 4.69) is 9.97 Å². The lowest BCUT2D eigenvalue weighted by atomic mass is 10.4. The van der Waals surface area contributed by atoms with Gasteiger partial charge in [-0.2, -0.15) is 0 Å². The molecule has 0 radical (unpaired) electrons. The summed E-state index contributed by atoms with van der Waals surface area (Å²) < 4.78 is 0. The van der Waals surface area contributed by atoms with Gasteiger partial charge in [-0.05, 0) is 0 Å². The lowest BCUT2D eigenvalue weighted by Gasteiger charge is -1.87. The maximum Gasteiger partial charge on any atom is 0.269 e. The third-order valence-electron chi connectivity index (χ3n) is 0.915. The molecular weight excluding hydrogens is 121 g/mol. The van der Waals surface area contributed by atoms with Crippen LogP contribution in [0.4, 0.5) is 5.82 Å². The van der Waals surface area contributed by atoms with Gasteiger partial charge >= 0.3 is 0 Å². The molecule has 0 aliphatic carbocycles. The Kier molecular flexibility index (Phi) is 1.11. The fourth-order valence-electron chi connectivity index (χ4n) is 0.502. The zero-order valence-electron chi connectivity index (χ0n) is 4.59. The Morgan fingerprint density at radius 2 is 2.44 bits per heavy atom. The van der Waals surface area contributed by atoms with Crippen LogP contribution in [0, 0.1) is 0 Å². The topological polar surface area (TPSA) is 97.8 Å². The number of aromatic amines is 1. The number of carbonyl (C=O) groups is 1. The van der Waals surface area contributed by atoms with Gasteiger partial charge in [0, 0.05) is 0 Å². The molecule has 9 heavy (non-hydrogen) atoms. The number of nitrogen functional groups attached to an aromatic ring is 1. The number of hydrogen-bond donors (Lipinski definition) is 3. The summed E-state index contributed by atoms with van der Waals surface area (Å²) in [6.07, 6.45) is 1.31. The van der Waals surface area contributed by atoms with E-state index in [9.17, 15) is 4.79 Å². The van der Waals surface area contributed by atoms with Crippen LogP contribution in [0.1, 0.15) is 10.5 Å². The highest BCUT2D eigenvalue weighted by atomic mass is 16.1. The minimum Gasteiger partial charge on any atom is -0.382 e. The van der Waals surface area contributed by atoms with Gasteiger partial charge in [0.1, 0.15) is 5.69 Å². The minimum absolute atomic E-state index is 0.141. The van der Waals surface area contributed by atoms with E-state index in [-0.39, 0.29) is 11.5 Å². The first-order chi connectivity index (χ1) is 4.22. The minimum atomic E-state index is -0.593. The Balaban J connectivity index is 3.08. The van der Waals surface area contributed by atoms with Gasteiger partial charge in [0.05, 0.1) is 6.33 Å². The third-order valence-corrected chi connectivity index (χ3v) is 0.915. The monoisotopic (exact) mass is 127 g/mol. The van der Waals surface area contributed by atoms with Gasteiger partial charge in [-0.15, -0.1) is 0 Å². The lowest BCUT2D eigenvalue weighted by molar-refractivity contribution is 0.0997. The molecule has 5 nitrogen and oxygen atoms in total. The van der Waals surface area contributed by atoms with Crippen molar-refractivity contribution in [1.82, 2.24) is 9.97 Å². The third kappa shape index (κ3) is 0.835. The highest BCUT2D eigenvalue weighted by Crippen LogP contribution is 2.00. The normalized spacial score (nSPS) is 9.33. The van der Waals surface area contributed by atoms with Gasteiger partial charge in [0.15, 0.2) is 5.82 Å². The lowest BCUT2D eigenvalue weighted by Crippen LogP contribution is -2.13. The van der Waals surface area contributed by atoms with Crippen LogP contribution in [0.3, 0.4) is 0 Å². The van der Waals surface area contributed by atoms with E-state index in [1.807, 2.05) is 0 Å².